The molecule has 1 heterocycles. The second-order valence-corrected chi connectivity index (χ2v) is 4.07. The van der Waals surface area contributed by atoms with Crippen molar-refractivity contribution in [3.05, 3.63) is 35.4 Å². The molecule has 2 N–H and O–H groups in total. The van der Waals surface area contributed by atoms with Gasteiger partial charge in [-0.3, -0.25) is 4.90 Å². The second kappa shape index (κ2) is 5.01. The van der Waals surface area contributed by atoms with E-state index in [9.17, 15) is 4.79 Å². The van der Waals surface area contributed by atoms with E-state index in [0.717, 1.165) is 18.7 Å². The lowest BCUT2D eigenvalue weighted by molar-refractivity contribution is -0.136. The zero-order chi connectivity index (χ0) is 12.3. The van der Waals surface area contributed by atoms with Crippen LogP contribution in [-0.4, -0.2) is 37.6 Å². The van der Waals surface area contributed by atoms with Crippen LogP contribution in [0.15, 0.2) is 29.8 Å². The quantitative estimate of drug-likeness (QED) is 0.366. The van der Waals surface area contributed by atoms with Crippen LogP contribution in [0.25, 0.3) is 6.08 Å². The zero-order valence-corrected chi connectivity index (χ0v) is 9.85. The maximum Gasteiger partial charge on any atom is 0.335 e. The van der Waals surface area contributed by atoms with Crippen LogP contribution < -0.4 is 5.73 Å². The number of methoxy groups -OCH3 is 1. The van der Waals surface area contributed by atoms with Crippen LogP contribution in [0.5, 0.6) is 0 Å². The molecule has 0 saturated carbocycles. The van der Waals surface area contributed by atoms with E-state index in [4.69, 9.17) is 10.5 Å². The minimum Gasteiger partial charge on any atom is -0.466 e. The van der Waals surface area contributed by atoms with Crippen molar-refractivity contribution in [3.8, 4) is 0 Å². The molecule has 0 spiro atoms. The van der Waals surface area contributed by atoms with Crippen molar-refractivity contribution < 1.29 is 9.53 Å². The van der Waals surface area contributed by atoms with Crippen LogP contribution in [0.3, 0.4) is 0 Å². The summed E-state index contributed by atoms with van der Waals surface area (Å²) in [7, 11) is 1.40. The number of nitrogens with two attached hydrogens (primary N) is 1. The molecule has 1 saturated heterocycles. The fraction of sp³-hybridized carbons (Fsp3) is 0.308. The molecule has 0 aliphatic carbocycles. The zero-order valence-electron chi connectivity index (χ0n) is 9.85. The van der Waals surface area contributed by atoms with Crippen molar-refractivity contribution in [3.63, 3.8) is 0 Å². The summed E-state index contributed by atoms with van der Waals surface area (Å²) in [5, 5.41) is 0. The molecule has 4 nitrogen and oxygen atoms in total. The third-order valence-electron chi connectivity index (χ3n) is 2.71. The second-order valence-electron chi connectivity index (χ2n) is 4.07. The molecule has 1 aliphatic heterocycles. The lowest BCUT2D eigenvalue weighted by Gasteiger charge is -2.07. The highest BCUT2D eigenvalue weighted by Gasteiger charge is 2.22. The summed E-state index contributed by atoms with van der Waals surface area (Å²) in [4.78, 5) is 13.8. The Balaban J connectivity index is 2.24. The van der Waals surface area contributed by atoms with Crippen LogP contribution in [0.4, 0.5) is 5.69 Å². The minimum absolute atomic E-state index is 0.292. The third-order valence-corrected chi connectivity index (χ3v) is 2.71. The molecule has 1 aromatic carbocycles. The summed E-state index contributed by atoms with van der Waals surface area (Å²) < 4.78 is 4.78. The Morgan fingerprint density at radius 1 is 1.47 bits per heavy atom. The van der Waals surface area contributed by atoms with Crippen LogP contribution in [-0.2, 0) is 9.53 Å². The summed E-state index contributed by atoms with van der Waals surface area (Å²) in [5.41, 5.74) is 8.01. The van der Waals surface area contributed by atoms with Gasteiger partial charge in [-0.1, -0.05) is 18.2 Å². The number of hydrogen-bond acceptors (Lipinski definition) is 4. The molecule has 0 amide bonds. The van der Waals surface area contributed by atoms with Crippen molar-refractivity contribution in [1.82, 2.24) is 4.90 Å². The first kappa shape index (κ1) is 11.7. The van der Waals surface area contributed by atoms with Crippen molar-refractivity contribution in [2.24, 2.45) is 0 Å². The molecular weight excluding hydrogens is 216 g/mol. The lowest BCUT2D eigenvalue weighted by Crippen LogP contribution is -2.13. The van der Waals surface area contributed by atoms with Crippen molar-refractivity contribution in [2.75, 3.05) is 32.5 Å². The van der Waals surface area contributed by atoms with Gasteiger partial charge in [-0.2, -0.15) is 0 Å². The summed E-state index contributed by atoms with van der Waals surface area (Å²) in [6, 6.07) is 7.47. The van der Waals surface area contributed by atoms with Crippen LogP contribution in [0, 0.1) is 0 Å². The van der Waals surface area contributed by atoms with Gasteiger partial charge in [0.1, 0.15) is 0 Å². The maximum atomic E-state index is 11.6. The van der Waals surface area contributed by atoms with E-state index >= 15 is 0 Å². The first-order chi connectivity index (χ1) is 8.20. The smallest absolute Gasteiger partial charge is 0.335 e. The lowest BCUT2D eigenvalue weighted by atomic mass is 10.1. The topological polar surface area (TPSA) is 55.3 Å². The average molecular weight is 232 g/mol. The van der Waals surface area contributed by atoms with E-state index in [0.29, 0.717) is 17.8 Å². The molecule has 0 radical (unpaired) electrons. The van der Waals surface area contributed by atoms with Gasteiger partial charge in [-0.15, -0.1) is 0 Å². The summed E-state index contributed by atoms with van der Waals surface area (Å²) >= 11 is 0. The van der Waals surface area contributed by atoms with Gasteiger partial charge in [0.25, 0.3) is 0 Å². The highest BCUT2D eigenvalue weighted by atomic mass is 16.5. The van der Waals surface area contributed by atoms with Gasteiger partial charge in [-0.25, -0.2) is 4.79 Å². The van der Waals surface area contributed by atoms with E-state index in [-0.39, 0.29) is 5.97 Å². The fourth-order valence-corrected chi connectivity index (χ4v) is 1.60. The Labute approximate surface area is 101 Å². The Hall–Kier alpha value is -1.81. The Kier molecular flexibility index (Phi) is 3.44. The van der Waals surface area contributed by atoms with Crippen LogP contribution in [0.2, 0.25) is 0 Å². The molecule has 17 heavy (non-hydrogen) atoms. The number of hydrogen-bond donors (Lipinski definition) is 1. The Morgan fingerprint density at radius 3 is 2.76 bits per heavy atom. The number of benzene rings is 1. The van der Waals surface area contributed by atoms with Crippen molar-refractivity contribution in [2.45, 2.75) is 0 Å². The molecule has 1 aliphatic rings. The first-order valence-corrected chi connectivity index (χ1v) is 5.56. The monoisotopic (exact) mass is 232 g/mol. The Bertz CT molecular complexity index is 450. The predicted molar refractivity (Wildman–Crippen MR) is 67.3 cm³/mol. The molecule has 0 bridgehead atoms. The summed E-state index contributed by atoms with van der Waals surface area (Å²) in [5.74, 6) is -0.292. The highest BCUT2D eigenvalue weighted by molar-refractivity contribution is 5.95. The minimum atomic E-state index is -0.292. The molecule has 4 heteroatoms. The number of para-hydroxylation sites is 1. The number of anilines is 1. The van der Waals surface area contributed by atoms with E-state index in [1.165, 1.54) is 7.11 Å². The number of esters is 1. The van der Waals surface area contributed by atoms with E-state index in [1.54, 1.807) is 6.08 Å². The van der Waals surface area contributed by atoms with Crippen LogP contribution in [0.1, 0.15) is 5.56 Å². The summed E-state index contributed by atoms with van der Waals surface area (Å²) in [6.45, 7) is 2.71. The number of rotatable bonds is 4. The molecule has 0 unspecified atom stereocenters. The van der Waals surface area contributed by atoms with Gasteiger partial charge < -0.3 is 10.5 Å². The van der Waals surface area contributed by atoms with Gasteiger partial charge in [0.05, 0.1) is 12.7 Å². The van der Waals surface area contributed by atoms with E-state index in [1.807, 2.05) is 24.3 Å². The summed E-state index contributed by atoms with van der Waals surface area (Å²) in [6.07, 6.45) is 1.81. The van der Waals surface area contributed by atoms with Gasteiger partial charge >= 0.3 is 5.97 Å². The molecule has 1 fully saturated rings. The SMILES string of the molecule is COC(=O)/C(=C/c1ccccc1N)CN1CC1. The third kappa shape index (κ3) is 3.07. The predicted octanol–water partition coefficient (Wildman–Crippen LogP) is 1.14. The van der Waals surface area contributed by atoms with Gasteiger partial charge in [0.15, 0.2) is 0 Å². The molecule has 90 valence electrons. The molecule has 0 atom stereocenters. The molecular formula is C13H16N2O2. The first-order valence-electron chi connectivity index (χ1n) is 5.56. The number of nitrogens with zero attached hydrogens (tertiary/aromatic N) is 1. The van der Waals surface area contributed by atoms with E-state index in [2.05, 4.69) is 4.90 Å². The standard InChI is InChI=1S/C13H16N2O2/c1-17-13(16)11(9-15-6-7-15)8-10-4-2-3-5-12(10)14/h2-5,8H,6-7,9,14H2,1H3/b11-8+. The van der Waals surface area contributed by atoms with E-state index < -0.39 is 0 Å². The van der Waals surface area contributed by atoms with Crippen molar-refractivity contribution >= 4 is 17.7 Å². The van der Waals surface area contributed by atoms with Gasteiger partial charge in [-0.05, 0) is 17.7 Å². The van der Waals surface area contributed by atoms with Gasteiger partial charge in [0.2, 0.25) is 0 Å². The largest absolute Gasteiger partial charge is 0.466 e. The number of nitrogen functional groups attached to an aromatic ring is 1. The molecule has 2 rings (SSSR count). The number of carbonyl (C=O) groups excluding carboxylic acids is 1. The number of carbonyl (C=O) groups is 1. The number of ether oxygens (including phenoxy) is 1. The normalized spacial score (nSPS) is 15.7. The average Bonchev–Trinajstić information content (AvgIpc) is 3.14. The van der Waals surface area contributed by atoms with Crippen LogP contribution >= 0.6 is 0 Å². The van der Waals surface area contributed by atoms with Gasteiger partial charge in [0, 0.05) is 25.3 Å². The molecule has 0 aromatic heterocycles. The fourth-order valence-electron chi connectivity index (χ4n) is 1.60. The molecule has 1 aromatic rings. The Morgan fingerprint density at radius 2 is 2.18 bits per heavy atom. The maximum absolute atomic E-state index is 11.6. The highest BCUT2D eigenvalue weighted by Crippen LogP contribution is 2.17. The van der Waals surface area contributed by atoms with Crippen molar-refractivity contribution in [1.29, 1.82) is 0 Å².